The van der Waals surface area contributed by atoms with Crippen LogP contribution in [0.4, 0.5) is 9.18 Å². The number of halogens is 1. The minimum Gasteiger partial charge on any atom is -0.228 e. The quantitative estimate of drug-likeness (QED) is 0.299. The molecule has 0 saturated carbocycles. The van der Waals surface area contributed by atoms with Gasteiger partial charge in [-0.15, -0.1) is 8.39 Å². The smallest absolute Gasteiger partial charge is 0.228 e. The molecule has 0 N–H and O–H groups in total. The number of thiol groups is 1. The highest BCUT2D eigenvalue weighted by molar-refractivity contribution is 7.86. The first-order valence-electron chi connectivity index (χ1n) is 5.62. The van der Waals surface area contributed by atoms with Crippen LogP contribution in [-0.2, 0) is 10.0 Å². The standard InChI is InChI=1S/C11H16FN2O3S2/c1-3-9-14(2,13(18)11(12)15)19(16,17)10-7-5-4-6-8-10/h4-8,18H,3,9H2,1-2H3/q+1. The van der Waals surface area contributed by atoms with E-state index in [9.17, 15) is 17.6 Å². The average Bonchev–Trinajstić information content (AvgIpc) is 2.38. The van der Waals surface area contributed by atoms with E-state index in [1.807, 2.05) is 0 Å². The summed E-state index contributed by atoms with van der Waals surface area (Å²) in [5, 5.41) is 0. The van der Waals surface area contributed by atoms with Gasteiger partial charge in [0.15, 0.2) is 0 Å². The number of quaternary nitrogens is 1. The summed E-state index contributed by atoms with van der Waals surface area (Å²) in [6, 6.07) is 7.58. The van der Waals surface area contributed by atoms with Crippen molar-refractivity contribution in [2.45, 2.75) is 18.2 Å². The van der Waals surface area contributed by atoms with Gasteiger partial charge in [-0.2, -0.15) is 8.42 Å². The molecule has 106 valence electrons. The van der Waals surface area contributed by atoms with Crippen LogP contribution in [0, 0.1) is 0 Å². The maximum atomic E-state index is 12.9. The molecule has 0 aliphatic carbocycles. The Bertz CT molecular complexity index is 550. The second-order valence-electron chi connectivity index (χ2n) is 4.11. The molecule has 0 aromatic heterocycles. The molecule has 19 heavy (non-hydrogen) atoms. The van der Waals surface area contributed by atoms with Crippen LogP contribution in [0.25, 0.3) is 0 Å². The van der Waals surface area contributed by atoms with Crippen molar-refractivity contribution in [3.05, 3.63) is 30.3 Å². The normalized spacial score (nSPS) is 14.7. The minimum atomic E-state index is -3.98. The monoisotopic (exact) mass is 307 g/mol. The number of hydrogen-bond donors (Lipinski definition) is 1. The fourth-order valence-corrected chi connectivity index (χ4v) is 3.74. The van der Waals surface area contributed by atoms with Crippen LogP contribution in [0.1, 0.15) is 13.3 Å². The highest BCUT2D eigenvalue weighted by Crippen LogP contribution is 2.27. The summed E-state index contributed by atoms with van der Waals surface area (Å²) in [6.45, 7) is 1.76. The van der Waals surface area contributed by atoms with Gasteiger partial charge in [0.2, 0.25) is 0 Å². The average molecular weight is 307 g/mol. The van der Waals surface area contributed by atoms with Crippen molar-refractivity contribution in [1.82, 2.24) is 4.41 Å². The van der Waals surface area contributed by atoms with Gasteiger partial charge in [-0.25, -0.2) is 4.79 Å². The van der Waals surface area contributed by atoms with E-state index in [1.165, 1.54) is 19.2 Å². The first-order chi connectivity index (χ1) is 8.77. The van der Waals surface area contributed by atoms with Crippen molar-refractivity contribution in [2.75, 3.05) is 13.6 Å². The predicted molar refractivity (Wildman–Crippen MR) is 72.3 cm³/mol. The highest BCUT2D eigenvalue weighted by Gasteiger charge is 2.46. The van der Waals surface area contributed by atoms with E-state index in [-0.39, 0.29) is 15.9 Å². The molecule has 1 aromatic carbocycles. The topological polar surface area (TPSA) is 54.5 Å². The molecule has 0 heterocycles. The zero-order chi connectivity index (χ0) is 14.7. The minimum absolute atomic E-state index is 0.00579. The molecule has 1 aromatic rings. The van der Waals surface area contributed by atoms with E-state index in [1.54, 1.807) is 25.1 Å². The van der Waals surface area contributed by atoms with E-state index in [0.29, 0.717) is 6.42 Å². The molecule has 0 aliphatic heterocycles. The fourth-order valence-electron chi connectivity index (χ4n) is 1.72. The lowest BCUT2D eigenvalue weighted by atomic mass is 10.4. The lowest BCUT2D eigenvalue weighted by molar-refractivity contribution is -0.872. The Hall–Kier alpha value is -1.12. The number of rotatable bonds is 5. The molecular weight excluding hydrogens is 291 g/mol. The first kappa shape index (κ1) is 15.9. The van der Waals surface area contributed by atoms with Crippen LogP contribution in [0.5, 0.6) is 0 Å². The predicted octanol–water partition coefficient (Wildman–Crippen LogP) is 2.38. The van der Waals surface area contributed by atoms with Gasteiger partial charge >= 0.3 is 16.2 Å². The van der Waals surface area contributed by atoms with Crippen LogP contribution in [0.2, 0.25) is 0 Å². The third-order valence-electron chi connectivity index (χ3n) is 2.76. The van der Waals surface area contributed by atoms with E-state index >= 15 is 0 Å². The molecule has 0 radical (unpaired) electrons. The Kier molecular flexibility index (Phi) is 4.94. The Morgan fingerprint density at radius 3 is 2.32 bits per heavy atom. The Balaban J connectivity index is 3.37. The zero-order valence-electron chi connectivity index (χ0n) is 10.7. The molecule has 1 atom stereocenters. The van der Waals surface area contributed by atoms with E-state index in [4.69, 9.17) is 0 Å². The van der Waals surface area contributed by atoms with Crippen LogP contribution in [0.15, 0.2) is 35.2 Å². The Morgan fingerprint density at radius 2 is 1.89 bits per heavy atom. The summed E-state index contributed by atoms with van der Waals surface area (Å²) in [6.07, 6.45) is -1.48. The lowest BCUT2D eigenvalue weighted by Gasteiger charge is -2.35. The van der Waals surface area contributed by atoms with Crippen LogP contribution >= 0.6 is 12.8 Å². The highest BCUT2D eigenvalue weighted by atomic mass is 32.2. The van der Waals surface area contributed by atoms with Crippen molar-refractivity contribution in [1.29, 1.82) is 0 Å². The summed E-state index contributed by atoms with van der Waals surface area (Å²) < 4.78 is 37.3. The second-order valence-corrected chi connectivity index (χ2v) is 6.69. The molecular formula is C11H16FN2O3S2+. The van der Waals surface area contributed by atoms with Gasteiger partial charge in [0.25, 0.3) is 0 Å². The largest absolute Gasteiger partial charge is 0.456 e. The number of carbonyl (C=O) groups excluding carboxylic acids is 1. The fraction of sp³-hybridized carbons (Fsp3) is 0.364. The molecule has 8 heteroatoms. The molecule has 0 saturated heterocycles. The zero-order valence-corrected chi connectivity index (χ0v) is 12.4. The molecule has 0 fully saturated rings. The van der Waals surface area contributed by atoms with Crippen molar-refractivity contribution in [3.8, 4) is 0 Å². The van der Waals surface area contributed by atoms with Gasteiger partial charge in [0.1, 0.15) is 18.5 Å². The summed E-state index contributed by atoms with van der Waals surface area (Å²) in [4.78, 5) is 10.9. The lowest BCUT2D eigenvalue weighted by Crippen LogP contribution is -2.58. The van der Waals surface area contributed by atoms with E-state index in [0.717, 1.165) is 0 Å². The molecule has 1 amide bonds. The Labute approximate surface area is 117 Å². The van der Waals surface area contributed by atoms with Gasteiger partial charge < -0.3 is 0 Å². The van der Waals surface area contributed by atoms with Gasteiger partial charge in [-0.1, -0.05) is 29.5 Å². The van der Waals surface area contributed by atoms with Gasteiger partial charge in [0.05, 0.1) is 0 Å². The third kappa shape index (κ3) is 2.90. The second kappa shape index (κ2) is 5.89. The molecule has 5 nitrogen and oxygen atoms in total. The molecule has 0 bridgehead atoms. The van der Waals surface area contributed by atoms with Crippen LogP contribution < -0.4 is 0 Å². The number of nitrogens with zero attached hydrogens (tertiary/aromatic N) is 2. The third-order valence-corrected chi connectivity index (χ3v) is 5.68. The van der Waals surface area contributed by atoms with Crippen LogP contribution in [0.3, 0.4) is 0 Å². The summed E-state index contributed by atoms with van der Waals surface area (Å²) in [5.41, 5.74) is 0. The van der Waals surface area contributed by atoms with Gasteiger partial charge in [-0.05, 0) is 31.4 Å². The summed E-state index contributed by atoms with van der Waals surface area (Å²) >= 11 is 3.69. The number of hydrogen-bond acceptors (Lipinski definition) is 4. The van der Waals surface area contributed by atoms with E-state index < -0.39 is 20.2 Å². The maximum absolute atomic E-state index is 12.9. The summed E-state index contributed by atoms with van der Waals surface area (Å²) in [5.74, 6) is 0. The SMILES string of the molecule is CCC[N+](C)(N(S)C(=O)F)S(=O)(=O)c1ccccc1. The van der Waals surface area contributed by atoms with Crippen molar-refractivity contribution in [3.63, 3.8) is 0 Å². The maximum Gasteiger partial charge on any atom is 0.456 e. The summed E-state index contributed by atoms with van der Waals surface area (Å²) in [7, 11) is -2.75. The van der Waals surface area contributed by atoms with Crippen LogP contribution in [-0.4, -0.2) is 36.6 Å². The van der Waals surface area contributed by atoms with Crippen molar-refractivity contribution >= 4 is 29.0 Å². The Morgan fingerprint density at radius 1 is 1.37 bits per heavy atom. The number of amides is 1. The number of sulfonamides is 1. The molecule has 0 aliphatic rings. The molecule has 0 spiro atoms. The molecule has 1 rings (SSSR count). The van der Waals surface area contributed by atoms with Crippen molar-refractivity contribution in [2.24, 2.45) is 0 Å². The molecule has 1 unspecified atom stereocenters. The van der Waals surface area contributed by atoms with Crippen molar-refractivity contribution < 1.29 is 21.6 Å². The van der Waals surface area contributed by atoms with E-state index in [2.05, 4.69) is 12.8 Å². The first-order valence-corrected chi connectivity index (χ1v) is 7.46. The number of benzene rings is 1. The van der Waals surface area contributed by atoms with Gasteiger partial charge in [-0.3, -0.25) is 0 Å². The van der Waals surface area contributed by atoms with Gasteiger partial charge in [0, 0.05) is 0 Å². The number of carbonyl (C=O) groups is 1.